The first-order chi connectivity index (χ1) is 13.2. The van der Waals surface area contributed by atoms with Crippen LogP contribution in [0, 0.1) is 11.8 Å². The van der Waals surface area contributed by atoms with Gasteiger partial charge in [-0.05, 0) is 54.9 Å². The van der Waals surface area contributed by atoms with Crippen LogP contribution in [0.3, 0.4) is 0 Å². The van der Waals surface area contributed by atoms with Crippen LogP contribution in [0.2, 0.25) is 0 Å². The summed E-state index contributed by atoms with van der Waals surface area (Å²) in [5, 5.41) is 12.7. The summed E-state index contributed by atoms with van der Waals surface area (Å²) in [5.74, 6) is 0.296. The maximum Gasteiger partial charge on any atom is 0.335 e. The van der Waals surface area contributed by atoms with Crippen molar-refractivity contribution in [2.75, 3.05) is 6.54 Å². The van der Waals surface area contributed by atoms with Crippen LogP contribution in [0.5, 0.6) is 0 Å². The molecule has 2 bridgehead atoms. The van der Waals surface area contributed by atoms with E-state index in [0.717, 1.165) is 25.9 Å². The molecular formula is C23H27NO3. The van der Waals surface area contributed by atoms with Gasteiger partial charge in [0.15, 0.2) is 0 Å². The van der Waals surface area contributed by atoms with Crippen molar-refractivity contribution in [2.45, 2.75) is 44.4 Å². The van der Waals surface area contributed by atoms with Gasteiger partial charge in [-0.25, -0.2) is 4.79 Å². The number of aromatic carboxylic acids is 1. The van der Waals surface area contributed by atoms with Gasteiger partial charge in [-0.3, -0.25) is 0 Å². The number of hydrogen-bond donors (Lipinski definition) is 2. The molecular weight excluding hydrogens is 338 g/mol. The Hall–Kier alpha value is -2.17. The quantitative estimate of drug-likeness (QED) is 0.745. The summed E-state index contributed by atoms with van der Waals surface area (Å²) in [6.07, 6.45) is 5.25. The van der Waals surface area contributed by atoms with Crippen LogP contribution in [0.4, 0.5) is 0 Å². The number of carbonyl (C=O) groups is 1. The largest absolute Gasteiger partial charge is 0.478 e. The molecule has 0 saturated carbocycles. The molecule has 27 heavy (non-hydrogen) atoms. The maximum atomic E-state index is 11.0. The van der Waals surface area contributed by atoms with Crippen LogP contribution in [0.25, 0.3) is 0 Å². The molecule has 0 aliphatic carbocycles. The van der Waals surface area contributed by atoms with E-state index in [1.807, 2.05) is 18.2 Å². The number of ether oxygens (including phenoxy) is 1. The lowest BCUT2D eigenvalue weighted by Crippen LogP contribution is -2.35. The molecule has 2 fully saturated rings. The molecule has 0 spiro atoms. The predicted molar refractivity (Wildman–Crippen MR) is 105 cm³/mol. The lowest BCUT2D eigenvalue weighted by molar-refractivity contribution is 0.0697. The molecule has 2 aromatic rings. The third-order valence-electron chi connectivity index (χ3n) is 6.11. The Labute approximate surface area is 160 Å². The topological polar surface area (TPSA) is 58.6 Å². The summed E-state index contributed by atoms with van der Waals surface area (Å²) in [5.41, 5.74) is 2.88. The normalized spacial score (nSPS) is 26.4. The van der Waals surface area contributed by atoms with E-state index < -0.39 is 5.97 Å². The molecule has 2 N–H and O–H groups in total. The number of aryl methyl sites for hydroxylation is 1. The monoisotopic (exact) mass is 365 g/mol. The Morgan fingerprint density at radius 1 is 0.963 bits per heavy atom. The number of benzene rings is 2. The van der Waals surface area contributed by atoms with Gasteiger partial charge in [-0.15, -0.1) is 0 Å². The molecule has 2 heterocycles. The number of hydrogen-bond acceptors (Lipinski definition) is 3. The fourth-order valence-electron chi connectivity index (χ4n) is 4.68. The van der Waals surface area contributed by atoms with Crippen molar-refractivity contribution in [3.63, 3.8) is 0 Å². The predicted octanol–water partition coefficient (Wildman–Crippen LogP) is 3.90. The molecule has 2 aliphatic rings. The van der Waals surface area contributed by atoms with Crippen molar-refractivity contribution in [3.05, 3.63) is 71.3 Å². The molecule has 142 valence electrons. The highest BCUT2D eigenvalue weighted by Gasteiger charge is 2.47. The van der Waals surface area contributed by atoms with Crippen molar-refractivity contribution >= 4 is 5.97 Å². The van der Waals surface area contributed by atoms with Gasteiger partial charge in [-0.1, -0.05) is 42.5 Å². The molecule has 4 nitrogen and oxygen atoms in total. The highest BCUT2D eigenvalue weighted by Crippen LogP contribution is 2.45. The summed E-state index contributed by atoms with van der Waals surface area (Å²) in [6, 6.07) is 17.8. The zero-order valence-corrected chi connectivity index (χ0v) is 15.5. The van der Waals surface area contributed by atoms with E-state index in [1.54, 1.807) is 12.1 Å². The van der Waals surface area contributed by atoms with Gasteiger partial charge in [0.05, 0.1) is 17.8 Å². The summed E-state index contributed by atoms with van der Waals surface area (Å²) in [4.78, 5) is 11.0. The Kier molecular flexibility index (Phi) is 5.55. The van der Waals surface area contributed by atoms with Crippen LogP contribution in [-0.2, 0) is 17.7 Å². The zero-order valence-electron chi connectivity index (χ0n) is 15.5. The van der Waals surface area contributed by atoms with Crippen LogP contribution >= 0.6 is 0 Å². The molecule has 2 aromatic carbocycles. The van der Waals surface area contributed by atoms with Gasteiger partial charge in [0.25, 0.3) is 0 Å². The lowest BCUT2D eigenvalue weighted by atomic mass is 9.76. The van der Waals surface area contributed by atoms with Gasteiger partial charge in [0.2, 0.25) is 0 Å². The first kappa shape index (κ1) is 18.2. The van der Waals surface area contributed by atoms with Gasteiger partial charge < -0.3 is 15.2 Å². The van der Waals surface area contributed by atoms with E-state index in [2.05, 4.69) is 29.6 Å². The second-order valence-corrected chi connectivity index (χ2v) is 7.78. The summed E-state index contributed by atoms with van der Waals surface area (Å²) < 4.78 is 6.22. The average Bonchev–Trinajstić information content (AvgIpc) is 3.29. The molecule has 4 heteroatoms. The second-order valence-electron chi connectivity index (χ2n) is 7.78. The molecule has 0 unspecified atom stereocenters. The van der Waals surface area contributed by atoms with Crippen LogP contribution in [-0.4, -0.2) is 29.8 Å². The van der Waals surface area contributed by atoms with Crippen molar-refractivity contribution in [2.24, 2.45) is 11.8 Å². The number of rotatable bonds is 8. The summed E-state index contributed by atoms with van der Waals surface area (Å²) >= 11 is 0. The second kappa shape index (κ2) is 8.24. The molecule has 0 radical (unpaired) electrons. The first-order valence-corrected chi connectivity index (χ1v) is 9.93. The standard InChI is InChI=1S/C23H27NO3/c25-23(26)18-9-6-16(7-10-18)8-11-19-20(22-13-12-21(19)27-22)15-24-14-17-4-2-1-3-5-17/h1-7,9-10,19-22,24H,8,11-15H2,(H,25,26)/t19-,20-,21-,22+/m0/s1. The van der Waals surface area contributed by atoms with E-state index in [0.29, 0.717) is 29.6 Å². The van der Waals surface area contributed by atoms with Gasteiger partial charge in [0.1, 0.15) is 0 Å². The number of carboxylic acids is 1. The van der Waals surface area contributed by atoms with E-state index in [-0.39, 0.29) is 0 Å². The molecule has 0 aromatic heterocycles. The lowest BCUT2D eigenvalue weighted by Gasteiger charge is -2.28. The van der Waals surface area contributed by atoms with E-state index in [9.17, 15) is 4.79 Å². The zero-order chi connectivity index (χ0) is 18.6. The number of carboxylic acid groups (broad SMARTS) is 1. The van der Waals surface area contributed by atoms with Crippen LogP contribution in [0.15, 0.2) is 54.6 Å². The highest BCUT2D eigenvalue weighted by molar-refractivity contribution is 5.87. The SMILES string of the molecule is O=C(O)c1ccc(CC[C@H]2[C@H](CNCc3ccccc3)[C@H]3CC[C@@H]2O3)cc1. The van der Waals surface area contributed by atoms with Gasteiger partial charge >= 0.3 is 5.97 Å². The summed E-state index contributed by atoms with van der Waals surface area (Å²) in [7, 11) is 0. The minimum Gasteiger partial charge on any atom is -0.478 e. The fourth-order valence-corrected chi connectivity index (χ4v) is 4.68. The van der Waals surface area contributed by atoms with Crippen molar-refractivity contribution < 1.29 is 14.6 Å². The summed E-state index contributed by atoms with van der Waals surface area (Å²) in [6.45, 7) is 1.90. The Balaban J connectivity index is 1.32. The molecule has 2 aliphatic heterocycles. The third kappa shape index (κ3) is 4.23. The van der Waals surface area contributed by atoms with Crippen molar-refractivity contribution in [1.29, 1.82) is 0 Å². The number of nitrogens with one attached hydrogen (secondary N) is 1. The van der Waals surface area contributed by atoms with Gasteiger partial charge in [0, 0.05) is 19.0 Å². The van der Waals surface area contributed by atoms with E-state index in [4.69, 9.17) is 9.84 Å². The minimum atomic E-state index is -0.868. The Morgan fingerprint density at radius 2 is 1.67 bits per heavy atom. The van der Waals surface area contributed by atoms with E-state index in [1.165, 1.54) is 24.0 Å². The first-order valence-electron chi connectivity index (χ1n) is 9.93. The molecule has 2 saturated heterocycles. The Bertz CT molecular complexity index is 759. The third-order valence-corrected chi connectivity index (χ3v) is 6.11. The molecule has 0 amide bonds. The fraction of sp³-hybridized carbons (Fsp3) is 0.435. The van der Waals surface area contributed by atoms with Crippen LogP contribution in [0.1, 0.15) is 40.7 Å². The minimum absolute atomic E-state index is 0.352. The Morgan fingerprint density at radius 3 is 2.37 bits per heavy atom. The smallest absolute Gasteiger partial charge is 0.335 e. The van der Waals surface area contributed by atoms with E-state index >= 15 is 0 Å². The van der Waals surface area contributed by atoms with Crippen LogP contribution < -0.4 is 5.32 Å². The molecule has 4 atom stereocenters. The van der Waals surface area contributed by atoms with Gasteiger partial charge in [-0.2, -0.15) is 0 Å². The van der Waals surface area contributed by atoms with Crippen molar-refractivity contribution in [3.8, 4) is 0 Å². The maximum absolute atomic E-state index is 11.0. The average molecular weight is 365 g/mol. The molecule has 4 rings (SSSR count). The van der Waals surface area contributed by atoms with Crippen molar-refractivity contribution in [1.82, 2.24) is 5.32 Å². The highest BCUT2D eigenvalue weighted by atomic mass is 16.5. The number of fused-ring (bicyclic) bond motifs is 2.